The van der Waals surface area contributed by atoms with Crippen LogP contribution in [0.3, 0.4) is 0 Å². The van der Waals surface area contributed by atoms with Crippen molar-refractivity contribution in [2.24, 2.45) is 5.92 Å². The Morgan fingerprint density at radius 1 is 1.22 bits per heavy atom. The van der Waals surface area contributed by atoms with Gasteiger partial charge in [-0.15, -0.1) is 0 Å². The van der Waals surface area contributed by atoms with Crippen LogP contribution in [0, 0.1) is 5.92 Å². The van der Waals surface area contributed by atoms with Crippen molar-refractivity contribution >= 4 is 0 Å². The number of hydrogen-bond acceptors (Lipinski definition) is 2. The quantitative estimate of drug-likeness (QED) is 0.621. The van der Waals surface area contributed by atoms with Gasteiger partial charge in [-0.2, -0.15) is 0 Å². The maximum Gasteiger partial charge on any atom is 0.0306 e. The van der Waals surface area contributed by atoms with E-state index < -0.39 is 0 Å². The van der Waals surface area contributed by atoms with Gasteiger partial charge in [0.25, 0.3) is 0 Å². The monoisotopic (exact) mass is 254 g/mol. The molecule has 1 rings (SSSR count). The van der Waals surface area contributed by atoms with E-state index in [-0.39, 0.29) is 0 Å². The van der Waals surface area contributed by atoms with Crippen LogP contribution in [0.25, 0.3) is 0 Å². The molecule has 2 atom stereocenters. The highest BCUT2D eigenvalue weighted by Gasteiger charge is 2.31. The molecule has 0 bridgehead atoms. The summed E-state index contributed by atoms with van der Waals surface area (Å²) in [7, 11) is 0. The van der Waals surface area contributed by atoms with Gasteiger partial charge in [-0.1, -0.05) is 46.5 Å². The molecule has 2 heteroatoms. The van der Waals surface area contributed by atoms with Crippen molar-refractivity contribution in [3.63, 3.8) is 0 Å². The summed E-state index contributed by atoms with van der Waals surface area (Å²) >= 11 is 0. The highest BCUT2D eigenvalue weighted by atomic mass is 15.1. The smallest absolute Gasteiger partial charge is 0.0306 e. The van der Waals surface area contributed by atoms with Crippen LogP contribution in [-0.4, -0.2) is 25.2 Å². The zero-order valence-electron chi connectivity index (χ0n) is 12.9. The van der Waals surface area contributed by atoms with Gasteiger partial charge in [0.15, 0.2) is 0 Å². The molecule has 0 amide bonds. The fourth-order valence-electron chi connectivity index (χ4n) is 3.26. The van der Waals surface area contributed by atoms with E-state index in [2.05, 4.69) is 31.4 Å². The average Bonchev–Trinajstić information content (AvgIpc) is 2.83. The molecule has 0 radical (unpaired) electrons. The highest BCUT2D eigenvalue weighted by molar-refractivity contribution is 4.94. The average molecular weight is 254 g/mol. The molecule has 1 aliphatic heterocycles. The summed E-state index contributed by atoms with van der Waals surface area (Å²) in [6.45, 7) is 10.5. The first kappa shape index (κ1) is 16.0. The molecule has 0 spiro atoms. The zero-order valence-corrected chi connectivity index (χ0v) is 12.9. The molecular weight excluding hydrogens is 220 g/mol. The number of nitrogens with one attached hydrogen (secondary N) is 2. The van der Waals surface area contributed by atoms with Crippen LogP contribution in [0.4, 0.5) is 0 Å². The van der Waals surface area contributed by atoms with Crippen molar-refractivity contribution < 1.29 is 0 Å². The van der Waals surface area contributed by atoms with Gasteiger partial charge in [0.05, 0.1) is 0 Å². The first-order chi connectivity index (χ1) is 8.76. The third kappa shape index (κ3) is 5.27. The molecule has 108 valence electrons. The molecular formula is C16H34N2. The third-order valence-corrected chi connectivity index (χ3v) is 4.50. The molecule has 1 heterocycles. The highest BCUT2D eigenvalue weighted by Crippen LogP contribution is 2.24. The number of hydrogen-bond donors (Lipinski definition) is 2. The van der Waals surface area contributed by atoms with Crippen molar-refractivity contribution in [2.75, 3.05) is 19.6 Å². The Bertz CT molecular complexity index is 197. The van der Waals surface area contributed by atoms with Crippen molar-refractivity contribution in [2.45, 2.75) is 77.7 Å². The van der Waals surface area contributed by atoms with Gasteiger partial charge in [0.2, 0.25) is 0 Å². The van der Waals surface area contributed by atoms with Gasteiger partial charge in [0.1, 0.15) is 0 Å². The van der Waals surface area contributed by atoms with Crippen LogP contribution in [0.1, 0.15) is 72.1 Å². The molecule has 2 N–H and O–H groups in total. The minimum absolute atomic E-state index is 0.414. The molecule has 2 nitrogen and oxygen atoms in total. The number of rotatable bonds is 10. The van der Waals surface area contributed by atoms with E-state index in [4.69, 9.17) is 0 Å². The second-order valence-electron chi connectivity index (χ2n) is 6.11. The van der Waals surface area contributed by atoms with Gasteiger partial charge in [-0.3, -0.25) is 0 Å². The Balaban J connectivity index is 2.25. The zero-order chi connectivity index (χ0) is 13.3. The lowest BCUT2D eigenvalue weighted by Crippen LogP contribution is -2.49. The predicted molar refractivity (Wildman–Crippen MR) is 81.1 cm³/mol. The van der Waals surface area contributed by atoms with Crippen molar-refractivity contribution in [3.8, 4) is 0 Å². The maximum atomic E-state index is 3.75. The van der Waals surface area contributed by atoms with E-state index in [9.17, 15) is 0 Å². The van der Waals surface area contributed by atoms with Crippen molar-refractivity contribution in [1.29, 1.82) is 0 Å². The van der Waals surface area contributed by atoms with Gasteiger partial charge in [0, 0.05) is 12.1 Å². The summed E-state index contributed by atoms with van der Waals surface area (Å²) in [6, 6.07) is 0. The molecule has 1 fully saturated rings. The van der Waals surface area contributed by atoms with Gasteiger partial charge < -0.3 is 10.6 Å². The van der Waals surface area contributed by atoms with E-state index in [0.29, 0.717) is 5.54 Å². The molecule has 1 aliphatic rings. The predicted octanol–water partition coefficient (Wildman–Crippen LogP) is 3.71. The number of unbranched alkanes of at least 4 members (excludes halogenated alkanes) is 1. The summed E-state index contributed by atoms with van der Waals surface area (Å²) < 4.78 is 0. The standard InChI is InChI=1S/C16H34N2/c1-4-7-9-15(6-3)13-17-14-16(10-5-2)11-8-12-18-16/h15,17-18H,4-14H2,1-3H3. The summed E-state index contributed by atoms with van der Waals surface area (Å²) in [4.78, 5) is 0. The second kappa shape index (κ2) is 8.92. The fourth-order valence-corrected chi connectivity index (χ4v) is 3.26. The van der Waals surface area contributed by atoms with E-state index >= 15 is 0 Å². The van der Waals surface area contributed by atoms with Crippen molar-refractivity contribution in [1.82, 2.24) is 10.6 Å². The topological polar surface area (TPSA) is 24.1 Å². The van der Waals surface area contributed by atoms with Crippen LogP contribution in [0.2, 0.25) is 0 Å². The lowest BCUT2D eigenvalue weighted by atomic mass is 9.91. The van der Waals surface area contributed by atoms with Crippen LogP contribution in [0.5, 0.6) is 0 Å². The van der Waals surface area contributed by atoms with Crippen LogP contribution < -0.4 is 10.6 Å². The Morgan fingerprint density at radius 2 is 2.06 bits per heavy atom. The minimum Gasteiger partial charge on any atom is -0.315 e. The summed E-state index contributed by atoms with van der Waals surface area (Å²) in [6.07, 6.45) is 10.8. The normalized spacial score (nSPS) is 25.5. The Kier molecular flexibility index (Phi) is 7.92. The third-order valence-electron chi connectivity index (χ3n) is 4.50. The SMILES string of the molecule is CCCCC(CC)CNCC1(CCC)CCCN1. The first-order valence-corrected chi connectivity index (χ1v) is 8.22. The van der Waals surface area contributed by atoms with E-state index in [1.165, 1.54) is 71.0 Å². The van der Waals surface area contributed by atoms with Gasteiger partial charge >= 0.3 is 0 Å². The van der Waals surface area contributed by atoms with E-state index in [1.54, 1.807) is 0 Å². The molecule has 0 saturated carbocycles. The fraction of sp³-hybridized carbons (Fsp3) is 1.00. The van der Waals surface area contributed by atoms with Gasteiger partial charge in [-0.25, -0.2) is 0 Å². The molecule has 2 unspecified atom stereocenters. The summed E-state index contributed by atoms with van der Waals surface area (Å²) in [5.41, 5.74) is 0.414. The lowest BCUT2D eigenvalue weighted by molar-refractivity contribution is 0.308. The van der Waals surface area contributed by atoms with Crippen LogP contribution in [0.15, 0.2) is 0 Å². The van der Waals surface area contributed by atoms with Crippen molar-refractivity contribution in [3.05, 3.63) is 0 Å². The molecule has 0 aromatic heterocycles. The Hall–Kier alpha value is -0.0800. The van der Waals surface area contributed by atoms with Gasteiger partial charge in [-0.05, 0) is 44.7 Å². The molecule has 18 heavy (non-hydrogen) atoms. The summed E-state index contributed by atoms with van der Waals surface area (Å²) in [5, 5.41) is 7.49. The van der Waals surface area contributed by atoms with E-state index in [1.807, 2.05) is 0 Å². The maximum absolute atomic E-state index is 3.75. The Labute approximate surface area is 114 Å². The first-order valence-electron chi connectivity index (χ1n) is 8.22. The molecule has 0 aliphatic carbocycles. The van der Waals surface area contributed by atoms with Crippen LogP contribution in [-0.2, 0) is 0 Å². The Morgan fingerprint density at radius 3 is 2.61 bits per heavy atom. The minimum atomic E-state index is 0.414. The summed E-state index contributed by atoms with van der Waals surface area (Å²) in [5.74, 6) is 0.880. The lowest BCUT2D eigenvalue weighted by Gasteiger charge is -2.30. The largest absolute Gasteiger partial charge is 0.315 e. The van der Waals surface area contributed by atoms with Crippen LogP contribution >= 0.6 is 0 Å². The molecule has 1 saturated heterocycles. The second-order valence-corrected chi connectivity index (χ2v) is 6.11. The molecule has 0 aromatic carbocycles. The van der Waals surface area contributed by atoms with E-state index in [0.717, 1.165) is 5.92 Å². The molecule has 0 aromatic rings.